The van der Waals surface area contributed by atoms with E-state index in [1.807, 2.05) is 0 Å². The number of hydrogen-bond donors (Lipinski definition) is 3. The second kappa shape index (κ2) is 6.14. The Labute approximate surface area is 151 Å². The topological polar surface area (TPSA) is 104 Å². The van der Waals surface area contributed by atoms with Gasteiger partial charge < -0.3 is 10.6 Å². The van der Waals surface area contributed by atoms with Crippen molar-refractivity contribution in [2.75, 3.05) is 15.4 Å². The normalized spacial score (nSPS) is 15.1. The van der Waals surface area contributed by atoms with Crippen LogP contribution in [0.25, 0.3) is 0 Å². The summed E-state index contributed by atoms with van der Waals surface area (Å²) in [4.78, 5) is 23.2. The standard InChI is InChI=1S/C18H19N3O4S/c1-11(22)19-12-5-4-6-13(9-12)21-26(24,25)14-7-8-16-15(10-14)18(2,3)17(23)20-16/h4-10,21H,1-3H3,(H,19,22)(H,20,23). The first-order chi connectivity index (χ1) is 12.1. The molecule has 7 nitrogen and oxygen atoms in total. The van der Waals surface area contributed by atoms with E-state index in [-0.39, 0.29) is 16.7 Å². The van der Waals surface area contributed by atoms with Crippen molar-refractivity contribution < 1.29 is 18.0 Å². The third-order valence-corrected chi connectivity index (χ3v) is 5.60. The maximum atomic E-state index is 12.7. The van der Waals surface area contributed by atoms with Gasteiger partial charge in [-0.3, -0.25) is 14.3 Å². The van der Waals surface area contributed by atoms with Gasteiger partial charge in [-0.15, -0.1) is 0 Å². The molecule has 0 spiro atoms. The highest BCUT2D eigenvalue weighted by Gasteiger charge is 2.39. The Balaban J connectivity index is 1.92. The highest BCUT2D eigenvalue weighted by Crippen LogP contribution is 2.38. The van der Waals surface area contributed by atoms with Crippen LogP contribution in [0.5, 0.6) is 0 Å². The maximum absolute atomic E-state index is 12.7. The average Bonchev–Trinajstić information content (AvgIpc) is 2.76. The molecule has 2 aromatic carbocycles. The summed E-state index contributed by atoms with van der Waals surface area (Å²) >= 11 is 0. The molecule has 26 heavy (non-hydrogen) atoms. The van der Waals surface area contributed by atoms with Crippen molar-refractivity contribution in [2.45, 2.75) is 31.1 Å². The zero-order valence-electron chi connectivity index (χ0n) is 14.6. The summed E-state index contributed by atoms with van der Waals surface area (Å²) in [6.07, 6.45) is 0. The first-order valence-electron chi connectivity index (χ1n) is 7.96. The molecule has 2 aromatic rings. The van der Waals surface area contributed by atoms with Gasteiger partial charge >= 0.3 is 0 Å². The van der Waals surface area contributed by atoms with E-state index in [9.17, 15) is 18.0 Å². The van der Waals surface area contributed by atoms with Crippen LogP contribution in [0, 0.1) is 0 Å². The van der Waals surface area contributed by atoms with E-state index in [4.69, 9.17) is 0 Å². The van der Waals surface area contributed by atoms with E-state index in [1.165, 1.54) is 25.1 Å². The van der Waals surface area contributed by atoms with Crippen molar-refractivity contribution in [1.82, 2.24) is 0 Å². The van der Waals surface area contributed by atoms with Gasteiger partial charge in [0.05, 0.1) is 16.0 Å². The number of carbonyl (C=O) groups excluding carboxylic acids is 2. The fourth-order valence-electron chi connectivity index (χ4n) is 2.80. The molecule has 3 rings (SSSR count). The minimum atomic E-state index is -3.85. The minimum absolute atomic E-state index is 0.0609. The van der Waals surface area contributed by atoms with E-state index in [2.05, 4.69) is 15.4 Å². The molecule has 136 valence electrons. The molecule has 0 saturated heterocycles. The predicted octanol–water partition coefficient (Wildman–Crippen LogP) is 2.68. The number of benzene rings is 2. The van der Waals surface area contributed by atoms with Gasteiger partial charge in [-0.2, -0.15) is 0 Å². The molecule has 3 N–H and O–H groups in total. The maximum Gasteiger partial charge on any atom is 0.261 e. The van der Waals surface area contributed by atoms with Crippen LogP contribution in [0.1, 0.15) is 26.3 Å². The van der Waals surface area contributed by atoms with Crippen molar-refractivity contribution in [1.29, 1.82) is 0 Å². The largest absolute Gasteiger partial charge is 0.326 e. The van der Waals surface area contributed by atoms with Gasteiger partial charge in [-0.1, -0.05) is 6.07 Å². The highest BCUT2D eigenvalue weighted by atomic mass is 32.2. The van der Waals surface area contributed by atoms with Crippen molar-refractivity contribution in [2.24, 2.45) is 0 Å². The van der Waals surface area contributed by atoms with Gasteiger partial charge in [0.25, 0.3) is 10.0 Å². The molecule has 2 amide bonds. The molecule has 0 bridgehead atoms. The van der Waals surface area contributed by atoms with E-state index < -0.39 is 15.4 Å². The van der Waals surface area contributed by atoms with Crippen LogP contribution in [-0.4, -0.2) is 20.2 Å². The highest BCUT2D eigenvalue weighted by molar-refractivity contribution is 7.92. The van der Waals surface area contributed by atoms with Crippen LogP contribution in [0.15, 0.2) is 47.4 Å². The number of fused-ring (bicyclic) bond motifs is 1. The first kappa shape index (κ1) is 17.9. The quantitative estimate of drug-likeness (QED) is 0.766. The van der Waals surface area contributed by atoms with Crippen molar-refractivity contribution in [3.8, 4) is 0 Å². The molecule has 0 aromatic heterocycles. The van der Waals surface area contributed by atoms with Crippen LogP contribution >= 0.6 is 0 Å². The summed E-state index contributed by atoms with van der Waals surface area (Å²) in [6.45, 7) is 4.86. The summed E-state index contributed by atoms with van der Waals surface area (Å²) in [5.41, 5.74) is 1.27. The van der Waals surface area contributed by atoms with Crippen LogP contribution < -0.4 is 15.4 Å². The lowest BCUT2D eigenvalue weighted by Gasteiger charge is -2.16. The second-order valence-corrected chi connectivity index (χ2v) is 8.34. The van der Waals surface area contributed by atoms with E-state index in [0.29, 0.717) is 22.6 Å². The molecule has 0 unspecified atom stereocenters. The number of hydrogen-bond acceptors (Lipinski definition) is 4. The summed E-state index contributed by atoms with van der Waals surface area (Å²) in [7, 11) is -3.85. The lowest BCUT2D eigenvalue weighted by Crippen LogP contribution is -2.27. The summed E-state index contributed by atoms with van der Waals surface area (Å²) in [5.74, 6) is -0.416. The van der Waals surface area contributed by atoms with Crippen molar-refractivity contribution in [3.05, 3.63) is 48.0 Å². The molecule has 8 heteroatoms. The zero-order valence-corrected chi connectivity index (χ0v) is 15.4. The van der Waals surface area contributed by atoms with Crippen molar-refractivity contribution >= 4 is 38.9 Å². The molecule has 0 radical (unpaired) electrons. The van der Waals surface area contributed by atoms with Crippen molar-refractivity contribution in [3.63, 3.8) is 0 Å². The monoisotopic (exact) mass is 373 g/mol. The lowest BCUT2D eigenvalue weighted by molar-refractivity contribution is -0.119. The van der Waals surface area contributed by atoms with Crippen LogP contribution in [0.2, 0.25) is 0 Å². The number of anilines is 3. The van der Waals surface area contributed by atoms with E-state index >= 15 is 0 Å². The Kier molecular flexibility index (Phi) is 4.23. The number of sulfonamides is 1. The predicted molar refractivity (Wildman–Crippen MR) is 99.7 cm³/mol. The van der Waals surface area contributed by atoms with Gasteiger partial charge in [0.15, 0.2) is 0 Å². The van der Waals surface area contributed by atoms with Crippen LogP contribution in [-0.2, 0) is 25.0 Å². The molecule has 0 aliphatic carbocycles. The number of nitrogens with one attached hydrogen (secondary N) is 3. The number of amides is 2. The molecular weight excluding hydrogens is 354 g/mol. The van der Waals surface area contributed by atoms with Gasteiger partial charge in [0.1, 0.15) is 0 Å². The lowest BCUT2D eigenvalue weighted by atomic mass is 9.86. The second-order valence-electron chi connectivity index (χ2n) is 6.65. The molecule has 0 atom stereocenters. The molecular formula is C18H19N3O4S. The first-order valence-corrected chi connectivity index (χ1v) is 9.44. The fourth-order valence-corrected chi connectivity index (χ4v) is 3.87. The third kappa shape index (κ3) is 3.28. The Hall–Kier alpha value is -2.87. The third-order valence-electron chi connectivity index (χ3n) is 4.23. The van der Waals surface area contributed by atoms with Crippen LogP contribution in [0.3, 0.4) is 0 Å². The molecule has 0 saturated carbocycles. The molecule has 0 fully saturated rings. The smallest absolute Gasteiger partial charge is 0.261 e. The molecule has 1 aliphatic heterocycles. The summed E-state index contributed by atoms with van der Waals surface area (Å²) in [6, 6.07) is 11.0. The SMILES string of the molecule is CC(=O)Nc1cccc(NS(=O)(=O)c2ccc3c(c2)C(C)(C)C(=O)N3)c1. The Morgan fingerprint density at radius 2 is 1.77 bits per heavy atom. The van der Waals surface area contributed by atoms with E-state index in [0.717, 1.165) is 0 Å². The average molecular weight is 373 g/mol. The number of carbonyl (C=O) groups is 2. The van der Waals surface area contributed by atoms with Gasteiger partial charge in [0, 0.05) is 18.3 Å². The van der Waals surface area contributed by atoms with E-state index in [1.54, 1.807) is 38.1 Å². The Morgan fingerprint density at radius 3 is 2.46 bits per heavy atom. The van der Waals surface area contributed by atoms with Crippen LogP contribution in [0.4, 0.5) is 17.1 Å². The molecule has 1 aliphatic rings. The zero-order chi connectivity index (χ0) is 19.1. The summed E-state index contributed by atoms with van der Waals surface area (Å²) in [5, 5.41) is 5.35. The summed E-state index contributed by atoms with van der Waals surface area (Å²) < 4.78 is 27.9. The molecule has 1 heterocycles. The Morgan fingerprint density at radius 1 is 1.08 bits per heavy atom. The van der Waals surface area contributed by atoms with Gasteiger partial charge in [-0.05, 0) is 55.8 Å². The minimum Gasteiger partial charge on any atom is -0.326 e. The number of rotatable bonds is 4. The van der Waals surface area contributed by atoms with Gasteiger partial charge in [-0.25, -0.2) is 8.42 Å². The fraction of sp³-hybridized carbons (Fsp3) is 0.222. The van der Waals surface area contributed by atoms with Gasteiger partial charge in [0.2, 0.25) is 11.8 Å². The Bertz CT molecular complexity index is 1010.